The summed E-state index contributed by atoms with van der Waals surface area (Å²) in [6.07, 6.45) is 2.58. The standard InChI is InChI=1S/C7H8N2O3/c8-7(11)12-5-1-2-9-4(5)3-6(9)10/h1-2,4-5H,3H2,(H2,8,11). The van der Waals surface area contributed by atoms with Crippen molar-refractivity contribution in [3.8, 4) is 0 Å². The van der Waals surface area contributed by atoms with Gasteiger partial charge in [0.15, 0.2) is 0 Å². The van der Waals surface area contributed by atoms with E-state index < -0.39 is 6.09 Å². The number of β-lactam (4-membered cyclic amide) rings is 1. The summed E-state index contributed by atoms with van der Waals surface area (Å²) in [5.41, 5.74) is 4.84. The van der Waals surface area contributed by atoms with Gasteiger partial charge in [-0.3, -0.25) is 4.79 Å². The van der Waals surface area contributed by atoms with E-state index in [2.05, 4.69) is 0 Å². The summed E-state index contributed by atoms with van der Waals surface area (Å²) in [6.45, 7) is 0. The first-order valence-corrected chi connectivity index (χ1v) is 3.64. The molecule has 64 valence electrons. The number of nitrogens with two attached hydrogens (primary N) is 1. The van der Waals surface area contributed by atoms with Gasteiger partial charge in [-0.25, -0.2) is 4.79 Å². The second kappa shape index (κ2) is 2.23. The minimum Gasteiger partial charge on any atom is -0.440 e. The molecule has 0 bridgehead atoms. The molecule has 0 aromatic carbocycles. The first-order chi connectivity index (χ1) is 5.68. The molecule has 2 aliphatic heterocycles. The van der Waals surface area contributed by atoms with Crippen LogP contribution >= 0.6 is 0 Å². The van der Waals surface area contributed by atoms with Crippen LogP contribution in [0.15, 0.2) is 12.3 Å². The Kier molecular flexibility index (Phi) is 1.33. The van der Waals surface area contributed by atoms with Gasteiger partial charge in [-0.2, -0.15) is 0 Å². The number of fused-ring (bicyclic) bond motifs is 1. The molecule has 0 radical (unpaired) electrons. The molecular formula is C7H8N2O3. The van der Waals surface area contributed by atoms with Crippen LogP contribution in [-0.4, -0.2) is 29.0 Å². The van der Waals surface area contributed by atoms with Crippen LogP contribution in [0.2, 0.25) is 0 Å². The highest BCUT2D eigenvalue weighted by molar-refractivity contribution is 5.85. The van der Waals surface area contributed by atoms with Crippen molar-refractivity contribution in [2.24, 2.45) is 5.73 Å². The van der Waals surface area contributed by atoms with Crippen LogP contribution < -0.4 is 5.73 Å². The lowest BCUT2D eigenvalue weighted by atomic mass is 10.0. The molecule has 0 saturated carbocycles. The number of rotatable bonds is 1. The van der Waals surface area contributed by atoms with Crippen molar-refractivity contribution < 1.29 is 14.3 Å². The average molecular weight is 168 g/mol. The summed E-state index contributed by atoms with van der Waals surface area (Å²) in [5, 5.41) is 0. The van der Waals surface area contributed by atoms with E-state index in [-0.39, 0.29) is 18.1 Å². The molecule has 2 unspecified atom stereocenters. The second-order valence-electron chi connectivity index (χ2n) is 2.82. The van der Waals surface area contributed by atoms with Gasteiger partial charge < -0.3 is 15.4 Å². The van der Waals surface area contributed by atoms with Crippen LogP contribution in [0.25, 0.3) is 0 Å². The van der Waals surface area contributed by atoms with Crippen molar-refractivity contribution in [2.75, 3.05) is 0 Å². The largest absolute Gasteiger partial charge is 0.440 e. The number of hydrogen-bond donors (Lipinski definition) is 1. The van der Waals surface area contributed by atoms with Crippen LogP contribution in [0.5, 0.6) is 0 Å². The topological polar surface area (TPSA) is 72.6 Å². The van der Waals surface area contributed by atoms with E-state index in [1.807, 2.05) is 0 Å². The predicted molar refractivity (Wildman–Crippen MR) is 38.8 cm³/mol. The van der Waals surface area contributed by atoms with Crippen LogP contribution in [0.4, 0.5) is 4.79 Å². The van der Waals surface area contributed by atoms with Crippen LogP contribution in [0.1, 0.15) is 6.42 Å². The number of nitrogens with zero attached hydrogens (tertiary/aromatic N) is 1. The molecule has 5 nitrogen and oxygen atoms in total. The van der Waals surface area contributed by atoms with Crippen molar-refractivity contribution >= 4 is 12.0 Å². The highest BCUT2D eigenvalue weighted by Crippen LogP contribution is 2.30. The Morgan fingerprint density at radius 1 is 1.75 bits per heavy atom. The van der Waals surface area contributed by atoms with E-state index in [1.165, 1.54) is 0 Å². The van der Waals surface area contributed by atoms with Gasteiger partial charge in [0.2, 0.25) is 5.91 Å². The number of ether oxygens (including phenoxy) is 1. The molecule has 2 amide bonds. The zero-order valence-corrected chi connectivity index (χ0v) is 6.27. The van der Waals surface area contributed by atoms with E-state index >= 15 is 0 Å². The zero-order valence-electron chi connectivity index (χ0n) is 6.27. The Morgan fingerprint density at radius 2 is 2.50 bits per heavy atom. The lowest BCUT2D eigenvalue weighted by Gasteiger charge is -2.35. The van der Waals surface area contributed by atoms with Gasteiger partial charge in [0, 0.05) is 6.20 Å². The maximum atomic E-state index is 10.8. The SMILES string of the molecule is NC(=O)OC1C=CN2C(=O)CC12. The van der Waals surface area contributed by atoms with Gasteiger partial charge in [-0.1, -0.05) is 0 Å². The number of primary amides is 1. The Morgan fingerprint density at radius 3 is 3.00 bits per heavy atom. The maximum absolute atomic E-state index is 10.8. The van der Waals surface area contributed by atoms with Gasteiger partial charge in [0.05, 0.1) is 12.5 Å². The monoisotopic (exact) mass is 168 g/mol. The third-order valence-corrected chi connectivity index (χ3v) is 2.10. The summed E-state index contributed by atoms with van der Waals surface area (Å²) >= 11 is 0. The Hall–Kier alpha value is -1.52. The molecule has 1 saturated heterocycles. The first-order valence-electron chi connectivity index (χ1n) is 3.64. The molecule has 5 heteroatoms. The molecule has 2 rings (SSSR count). The predicted octanol–water partition coefficient (Wildman–Crippen LogP) is -0.422. The molecule has 0 spiro atoms. The lowest BCUT2D eigenvalue weighted by Crippen LogP contribution is -2.52. The quantitative estimate of drug-likeness (QED) is 0.540. The first kappa shape index (κ1) is 7.15. The summed E-state index contributed by atoms with van der Waals surface area (Å²) < 4.78 is 4.75. The minimum absolute atomic E-state index is 0.00926. The van der Waals surface area contributed by atoms with E-state index in [4.69, 9.17) is 10.5 Å². The van der Waals surface area contributed by atoms with Gasteiger partial charge in [-0.05, 0) is 6.08 Å². The third-order valence-electron chi connectivity index (χ3n) is 2.10. The molecule has 2 aliphatic rings. The van der Waals surface area contributed by atoms with E-state index in [9.17, 15) is 9.59 Å². The van der Waals surface area contributed by atoms with Crippen LogP contribution in [-0.2, 0) is 9.53 Å². The van der Waals surface area contributed by atoms with Crippen molar-refractivity contribution in [1.29, 1.82) is 0 Å². The smallest absolute Gasteiger partial charge is 0.405 e. The summed E-state index contributed by atoms with van der Waals surface area (Å²) in [5.74, 6) is 0.0619. The summed E-state index contributed by atoms with van der Waals surface area (Å²) in [4.78, 5) is 22.8. The highest BCUT2D eigenvalue weighted by atomic mass is 16.6. The molecule has 0 aromatic heterocycles. The molecule has 1 fully saturated rings. The van der Waals surface area contributed by atoms with Gasteiger partial charge >= 0.3 is 6.09 Å². The molecule has 2 heterocycles. The number of carbonyl (C=O) groups is 2. The van der Waals surface area contributed by atoms with Crippen molar-refractivity contribution in [1.82, 2.24) is 4.90 Å². The lowest BCUT2D eigenvalue weighted by molar-refractivity contribution is -0.143. The fourth-order valence-electron chi connectivity index (χ4n) is 1.48. The zero-order chi connectivity index (χ0) is 8.72. The number of hydrogen-bond acceptors (Lipinski definition) is 3. The molecular weight excluding hydrogens is 160 g/mol. The fourth-order valence-corrected chi connectivity index (χ4v) is 1.48. The Bertz CT molecular complexity index is 274. The van der Waals surface area contributed by atoms with Crippen molar-refractivity contribution in [3.63, 3.8) is 0 Å². The van der Waals surface area contributed by atoms with Crippen LogP contribution in [0.3, 0.4) is 0 Å². The minimum atomic E-state index is -0.800. The van der Waals surface area contributed by atoms with Crippen molar-refractivity contribution in [3.05, 3.63) is 12.3 Å². The highest BCUT2D eigenvalue weighted by Gasteiger charge is 2.44. The number of carbonyl (C=O) groups excluding carboxylic acids is 2. The van der Waals surface area contributed by atoms with Crippen LogP contribution in [0, 0.1) is 0 Å². The molecule has 0 aromatic rings. The molecule has 12 heavy (non-hydrogen) atoms. The van der Waals surface area contributed by atoms with Gasteiger partial charge in [-0.15, -0.1) is 0 Å². The Labute approximate surface area is 68.8 Å². The second-order valence-corrected chi connectivity index (χ2v) is 2.82. The van der Waals surface area contributed by atoms with Crippen molar-refractivity contribution in [2.45, 2.75) is 18.6 Å². The van der Waals surface area contributed by atoms with Gasteiger partial charge in [0.25, 0.3) is 0 Å². The van der Waals surface area contributed by atoms with E-state index in [1.54, 1.807) is 17.2 Å². The normalized spacial score (nSPS) is 31.3. The van der Waals surface area contributed by atoms with Gasteiger partial charge in [0.1, 0.15) is 6.10 Å². The molecule has 2 atom stereocenters. The molecule has 0 aliphatic carbocycles. The fraction of sp³-hybridized carbons (Fsp3) is 0.429. The van der Waals surface area contributed by atoms with E-state index in [0.29, 0.717) is 6.42 Å². The molecule has 2 N–H and O–H groups in total. The van der Waals surface area contributed by atoms with E-state index in [0.717, 1.165) is 0 Å². The third kappa shape index (κ3) is 0.861. The number of amides is 2. The summed E-state index contributed by atoms with van der Waals surface area (Å²) in [6, 6.07) is -0.00926. The summed E-state index contributed by atoms with van der Waals surface area (Å²) in [7, 11) is 0. The maximum Gasteiger partial charge on any atom is 0.405 e. The average Bonchev–Trinajstić information content (AvgIpc) is 2.26. The Balaban J connectivity index is 2.00.